The van der Waals surface area contributed by atoms with Gasteiger partial charge in [0.1, 0.15) is 24.5 Å². The van der Waals surface area contributed by atoms with E-state index < -0.39 is 5.91 Å². The summed E-state index contributed by atoms with van der Waals surface area (Å²) >= 11 is 1.31. The Labute approximate surface area is 146 Å². The molecule has 2 aromatic rings. The van der Waals surface area contributed by atoms with Crippen LogP contribution >= 0.6 is 11.3 Å². The monoisotopic (exact) mass is 359 g/mol. The van der Waals surface area contributed by atoms with Gasteiger partial charge in [0.05, 0.1) is 12.8 Å². The molecule has 0 spiro atoms. The number of nitrogens with zero attached hydrogens (tertiary/aromatic N) is 1. The van der Waals surface area contributed by atoms with Gasteiger partial charge in [-0.2, -0.15) is 0 Å². The number of carbonyl (C=O) groups is 2. The number of nitrogens with one attached hydrogen (secondary N) is 2. The average molecular weight is 359 g/mol. The number of thiazole rings is 1. The highest BCUT2D eigenvalue weighted by atomic mass is 32.1. The van der Waals surface area contributed by atoms with Gasteiger partial charge in [-0.15, -0.1) is 11.3 Å². The molecule has 8 nitrogen and oxygen atoms in total. The summed E-state index contributed by atoms with van der Waals surface area (Å²) in [6, 6.07) is 4.65. The van der Waals surface area contributed by atoms with E-state index in [2.05, 4.69) is 15.6 Å². The predicted octanol–water partition coefficient (Wildman–Crippen LogP) is 2.70. The van der Waals surface area contributed by atoms with Crippen LogP contribution in [0.3, 0.4) is 0 Å². The fourth-order valence-corrected chi connectivity index (χ4v) is 2.47. The van der Waals surface area contributed by atoms with Crippen LogP contribution in [0.2, 0.25) is 0 Å². The number of methoxy groups -OCH3 is 1. The summed E-state index contributed by atoms with van der Waals surface area (Å²) in [5, 5.41) is 7.56. The fraction of sp³-hybridized carbons (Fsp3) is 0.0625. The van der Waals surface area contributed by atoms with E-state index in [9.17, 15) is 9.59 Å². The summed E-state index contributed by atoms with van der Waals surface area (Å²) < 4.78 is 15.2. The van der Waals surface area contributed by atoms with E-state index >= 15 is 0 Å². The Morgan fingerprint density at radius 3 is 2.76 bits per heavy atom. The van der Waals surface area contributed by atoms with Crippen molar-refractivity contribution in [2.75, 3.05) is 17.7 Å². The molecule has 2 N–H and O–H groups in total. The zero-order valence-corrected chi connectivity index (χ0v) is 13.8. The van der Waals surface area contributed by atoms with Crippen LogP contribution in [-0.4, -0.2) is 23.9 Å². The molecule has 0 aliphatic carbocycles. The summed E-state index contributed by atoms with van der Waals surface area (Å²) in [6.45, 7) is 0. The standard InChI is InChI=1S/C16H13N3O5S/c1-22-12-8-10(14(20)19-16-17-4-7-25-16)2-3-11(12)18-15(21)13-9-23-5-6-24-13/h2-9H,1H3,(H,18,21)(H,17,19,20). The Balaban J connectivity index is 1.74. The molecule has 0 unspecified atom stereocenters. The van der Waals surface area contributed by atoms with Gasteiger partial charge in [-0.25, -0.2) is 4.98 Å². The van der Waals surface area contributed by atoms with Crippen molar-refractivity contribution >= 4 is 34.0 Å². The molecule has 1 aromatic heterocycles. The van der Waals surface area contributed by atoms with Crippen LogP contribution in [0.4, 0.5) is 10.8 Å². The molecule has 0 saturated heterocycles. The van der Waals surface area contributed by atoms with E-state index in [0.717, 1.165) is 0 Å². The van der Waals surface area contributed by atoms with Crippen LogP contribution in [-0.2, 0) is 14.3 Å². The first-order valence-electron chi connectivity index (χ1n) is 7.05. The van der Waals surface area contributed by atoms with Crippen molar-refractivity contribution in [3.05, 3.63) is 59.9 Å². The summed E-state index contributed by atoms with van der Waals surface area (Å²) in [7, 11) is 1.44. The molecule has 3 rings (SSSR count). The predicted molar refractivity (Wildman–Crippen MR) is 91.1 cm³/mol. The van der Waals surface area contributed by atoms with Crippen LogP contribution in [0.25, 0.3) is 0 Å². The molecule has 2 amide bonds. The first kappa shape index (κ1) is 16.5. The lowest BCUT2D eigenvalue weighted by Crippen LogP contribution is -2.17. The molecule has 1 aliphatic heterocycles. The number of ether oxygens (including phenoxy) is 3. The van der Waals surface area contributed by atoms with Gasteiger partial charge >= 0.3 is 0 Å². The Bertz CT molecular complexity index is 845. The second-order valence-electron chi connectivity index (χ2n) is 4.67. The third-order valence-electron chi connectivity index (χ3n) is 3.09. The van der Waals surface area contributed by atoms with Crippen molar-refractivity contribution in [1.29, 1.82) is 0 Å². The average Bonchev–Trinajstić information content (AvgIpc) is 3.15. The van der Waals surface area contributed by atoms with Gasteiger partial charge in [0, 0.05) is 17.1 Å². The van der Waals surface area contributed by atoms with Crippen molar-refractivity contribution < 1.29 is 23.8 Å². The zero-order chi connectivity index (χ0) is 17.6. The summed E-state index contributed by atoms with van der Waals surface area (Å²) in [4.78, 5) is 28.3. The minimum absolute atomic E-state index is 0.00450. The number of anilines is 2. The Morgan fingerprint density at radius 2 is 2.08 bits per heavy atom. The van der Waals surface area contributed by atoms with Crippen LogP contribution < -0.4 is 15.4 Å². The van der Waals surface area contributed by atoms with Gasteiger partial charge in [-0.3, -0.25) is 14.9 Å². The molecular weight excluding hydrogens is 346 g/mol. The van der Waals surface area contributed by atoms with E-state index in [1.165, 1.54) is 43.3 Å². The molecule has 0 saturated carbocycles. The van der Waals surface area contributed by atoms with Gasteiger partial charge in [-0.1, -0.05) is 0 Å². The summed E-state index contributed by atoms with van der Waals surface area (Å²) in [5.74, 6) is -0.520. The minimum Gasteiger partial charge on any atom is -0.495 e. The molecule has 0 radical (unpaired) electrons. The Morgan fingerprint density at radius 1 is 1.20 bits per heavy atom. The topological polar surface area (TPSA) is 98.8 Å². The first-order chi connectivity index (χ1) is 12.2. The van der Waals surface area contributed by atoms with Crippen LogP contribution in [0, 0.1) is 0 Å². The van der Waals surface area contributed by atoms with E-state index in [-0.39, 0.29) is 11.7 Å². The van der Waals surface area contributed by atoms with Gasteiger partial charge in [0.25, 0.3) is 11.8 Å². The minimum atomic E-state index is -0.511. The van der Waals surface area contributed by atoms with Crippen molar-refractivity contribution in [2.45, 2.75) is 0 Å². The fourth-order valence-electron chi connectivity index (χ4n) is 1.94. The normalized spacial score (nSPS) is 12.4. The third-order valence-corrected chi connectivity index (χ3v) is 3.78. The number of amides is 2. The number of hydrogen-bond acceptors (Lipinski definition) is 7. The second kappa shape index (κ2) is 7.49. The molecule has 1 aliphatic rings. The molecular formula is C16H13N3O5S. The number of benzene rings is 1. The van der Waals surface area contributed by atoms with E-state index in [1.807, 2.05) is 0 Å². The smallest absolute Gasteiger partial charge is 0.294 e. The third kappa shape index (κ3) is 3.96. The maximum absolute atomic E-state index is 12.2. The molecule has 0 bridgehead atoms. The van der Waals surface area contributed by atoms with E-state index in [4.69, 9.17) is 14.2 Å². The molecule has 25 heavy (non-hydrogen) atoms. The lowest BCUT2D eigenvalue weighted by Gasteiger charge is -2.13. The highest BCUT2D eigenvalue weighted by molar-refractivity contribution is 7.13. The van der Waals surface area contributed by atoms with Gasteiger partial charge < -0.3 is 19.5 Å². The largest absolute Gasteiger partial charge is 0.495 e. The maximum Gasteiger partial charge on any atom is 0.294 e. The van der Waals surface area contributed by atoms with E-state index in [1.54, 1.807) is 23.7 Å². The first-order valence-corrected chi connectivity index (χ1v) is 7.93. The highest BCUT2D eigenvalue weighted by Gasteiger charge is 2.17. The lowest BCUT2D eigenvalue weighted by atomic mass is 10.1. The SMILES string of the molecule is COc1cc(C(=O)Nc2nccs2)ccc1NC(=O)C1=COC=CO1. The van der Waals surface area contributed by atoms with Crippen LogP contribution in [0.5, 0.6) is 5.75 Å². The molecule has 2 heterocycles. The maximum atomic E-state index is 12.2. The molecule has 9 heteroatoms. The van der Waals surface area contributed by atoms with Crippen molar-refractivity contribution in [1.82, 2.24) is 4.98 Å². The summed E-state index contributed by atoms with van der Waals surface area (Å²) in [6.07, 6.45) is 5.32. The zero-order valence-electron chi connectivity index (χ0n) is 13.0. The Hall–Kier alpha value is -3.33. The molecule has 0 fully saturated rings. The van der Waals surface area contributed by atoms with Crippen molar-refractivity contribution in [3.63, 3.8) is 0 Å². The van der Waals surface area contributed by atoms with Crippen molar-refractivity contribution in [3.8, 4) is 5.75 Å². The van der Waals surface area contributed by atoms with Crippen molar-refractivity contribution in [2.24, 2.45) is 0 Å². The Kier molecular flexibility index (Phi) is 4.95. The van der Waals surface area contributed by atoms with Gasteiger partial charge in [0.15, 0.2) is 5.13 Å². The van der Waals surface area contributed by atoms with Gasteiger partial charge in [0.2, 0.25) is 5.76 Å². The van der Waals surface area contributed by atoms with Crippen LogP contribution in [0.15, 0.2) is 54.3 Å². The van der Waals surface area contributed by atoms with E-state index in [0.29, 0.717) is 22.1 Å². The second-order valence-corrected chi connectivity index (χ2v) is 5.56. The van der Waals surface area contributed by atoms with Crippen LogP contribution in [0.1, 0.15) is 10.4 Å². The highest BCUT2D eigenvalue weighted by Crippen LogP contribution is 2.27. The number of rotatable bonds is 5. The summed E-state index contributed by atoms with van der Waals surface area (Å²) in [5.41, 5.74) is 0.752. The quantitative estimate of drug-likeness (QED) is 0.852. The number of carbonyl (C=O) groups excluding carboxylic acids is 2. The van der Waals surface area contributed by atoms with Gasteiger partial charge in [-0.05, 0) is 18.2 Å². The lowest BCUT2D eigenvalue weighted by molar-refractivity contribution is -0.115. The molecule has 128 valence electrons. The molecule has 1 aromatic carbocycles. The molecule has 0 atom stereocenters. The number of aromatic nitrogens is 1. The number of hydrogen-bond donors (Lipinski definition) is 2.